The third-order valence-electron chi connectivity index (χ3n) is 2.47. The standard InChI is InChI=1S/C12H16N2O3/c1-8-9(4-3-5-10(8)15)12(17)14-7-6-11(16)13-2/h3-5,15H,6-7H2,1-2H3,(H,13,16)(H,14,17). The van der Waals surface area contributed by atoms with E-state index in [1.54, 1.807) is 26.1 Å². The number of phenols is 1. The Labute approximate surface area is 99.8 Å². The van der Waals surface area contributed by atoms with Crippen molar-refractivity contribution in [1.82, 2.24) is 10.6 Å². The first-order valence-corrected chi connectivity index (χ1v) is 5.33. The molecule has 0 heterocycles. The van der Waals surface area contributed by atoms with E-state index in [2.05, 4.69) is 10.6 Å². The first kappa shape index (κ1) is 13.0. The Morgan fingerprint density at radius 1 is 1.35 bits per heavy atom. The van der Waals surface area contributed by atoms with Crippen LogP contribution in [0.4, 0.5) is 0 Å². The molecule has 2 amide bonds. The van der Waals surface area contributed by atoms with Crippen molar-refractivity contribution in [3.05, 3.63) is 29.3 Å². The molecule has 0 saturated heterocycles. The highest BCUT2D eigenvalue weighted by Gasteiger charge is 2.10. The molecule has 0 aliphatic rings. The van der Waals surface area contributed by atoms with Crippen molar-refractivity contribution in [3.8, 4) is 5.75 Å². The summed E-state index contributed by atoms with van der Waals surface area (Å²) in [6.45, 7) is 1.94. The minimum Gasteiger partial charge on any atom is -0.508 e. The molecule has 0 spiro atoms. The minimum atomic E-state index is -0.290. The highest BCUT2D eigenvalue weighted by Crippen LogP contribution is 2.19. The summed E-state index contributed by atoms with van der Waals surface area (Å²) in [5.41, 5.74) is 0.951. The van der Waals surface area contributed by atoms with Crippen molar-refractivity contribution in [2.75, 3.05) is 13.6 Å². The van der Waals surface area contributed by atoms with Crippen molar-refractivity contribution in [2.24, 2.45) is 0 Å². The fourth-order valence-electron chi connectivity index (χ4n) is 1.38. The SMILES string of the molecule is CNC(=O)CCNC(=O)c1cccc(O)c1C. The average molecular weight is 236 g/mol. The Morgan fingerprint density at radius 2 is 2.06 bits per heavy atom. The molecule has 0 aliphatic carbocycles. The molecular formula is C12H16N2O3. The van der Waals surface area contributed by atoms with Crippen molar-refractivity contribution in [1.29, 1.82) is 0 Å². The number of hydrogen-bond donors (Lipinski definition) is 3. The summed E-state index contributed by atoms with van der Waals surface area (Å²) in [7, 11) is 1.55. The fraction of sp³-hybridized carbons (Fsp3) is 0.333. The maximum absolute atomic E-state index is 11.7. The second-order valence-electron chi connectivity index (χ2n) is 3.63. The number of rotatable bonds is 4. The van der Waals surface area contributed by atoms with Gasteiger partial charge in [0.05, 0.1) is 0 Å². The van der Waals surface area contributed by atoms with Gasteiger partial charge in [0.15, 0.2) is 0 Å². The van der Waals surface area contributed by atoms with Crippen LogP contribution in [0.15, 0.2) is 18.2 Å². The Bertz CT molecular complexity index is 430. The van der Waals surface area contributed by atoms with Crippen LogP contribution in [0.2, 0.25) is 0 Å². The summed E-state index contributed by atoms with van der Waals surface area (Å²) < 4.78 is 0. The van der Waals surface area contributed by atoms with Gasteiger partial charge >= 0.3 is 0 Å². The maximum Gasteiger partial charge on any atom is 0.251 e. The number of nitrogens with one attached hydrogen (secondary N) is 2. The predicted molar refractivity (Wildman–Crippen MR) is 63.9 cm³/mol. The van der Waals surface area contributed by atoms with Crippen molar-refractivity contribution >= 4 is 11.8 Å². The fourth-order valence-corrected chi connectivity index (χ4v) is 1.38. The van der Waals surface area contributed by atoms with E-state index in [1.165, 1.54) is 6.07 Å². The summed E-state index contributed by atoms with van der Waals surface area (Å²) in [4.78, 5) is 22.7. The van der Waals surface area contributed by atoms with Gasteiger partial charge in [0.1, 0.15) is 5.75 Å². The van der Waals surface area contributed by atoms with Gasteiger partial charge in [-0.05, 0) is 19.1 Å². The van der Waals surface area contributed by atoms with Crippen molar-refractivity contribution < 1.29 is 14.7 Å². The van der Waals surface area contributed by atoms with Crippen LogP contribution in [-0.2, 0) is 4.79 Å². The van der Waals surface area contributed by atoms with Crippen LogP contribution in [0.3, 0.4) is 0 Å². The maximum atomic E-state index is 11.7. The first-order valence-electron chi connectivity index (χ1n) is 5.33. The molecule has 0 radical (unpaired) electrons. The van der Waals surface area contributed by atoms with Gasteiger partial charge in [-0.25, -0.2) is 0 Å². The number of amides is 2. The number of phenolic OH excluding ortho intramolecular Hbond substituents is 1. The van der Waals surface area contributed by atoms with Crippen LogP contribution in [0, 0.1) is 6.92 Å². The lowest BCUT2D eigenvalue weighted by atomic mass is 10.1. The van der Waals surface area contributed by atoms with Crippen LogP contribution >= 0.6 is 0 Å². The Balaban J connectivity index is 2.59. The zero-order valence-electron chi connectivity index (χ0n) is 9.91. The molecule has 0 saturated carbocycles. The lowest BCUT2D eigenvalue weighted by Crippen LogP contribution is -2.29. The predicted octanol–water partition coefficient (Wildman–Crippen LogP) is 0.567. The van der Waals surface area contributed by atoms with E-state index in [1.807, 2.05) is 0 Å². The number of carbonyl (C=O) groups is 2. The number of aromatic hydroxyl groups is 1. The van der Waals surface area contributed by atoms with E-state index < -0.39 is 0 Å². The first-order chi connectivity index (χ1) is 8.06. The molecule has 1 aromatic carbocycles. The zero-order chi connectivity index (χ0) is 12.8. The van der Waals surface area contributed by atoms with Gasteiger partial charge < -0.3 is 15.7 Å². The summed E-state index contributed by atoms with van der Waals surface area (Å²) in [6.07, 6.45) is 0.236. The number of carbonyl (C=O) groups excluding carboxylic acids is 2. The van der Waals surface area contributed by atoms with Crippen molar-refractivity contribution in [3.63, 3.8) is 0 Å². The quantitative estimate of drug-likeness (QED) is 0.715. The molecule has 5 heteroatoms. The molecule has 1 aromatic rings. The molecule has 0 aliphatic heterocycles. The monoisotopic (exact) mass is 236 g/mol. The van der Waals surface area contributed by atoms with Crippen LogP contribution < -0.4 is 10.6 Å². The average Bonchev–Trinajstić information content (AvgIpc) is 2.32. The summed E-state index contributed by atoms with van der Waals surface area (Å²) >= 11 is 0. The molecule has 5 nitrogen and oxygen atoms in total. The van der Waals surface area contributed by atoms with Gasteiger partial charge in [-0.1, -0.05) is 6.07 Å². The van der Waals surface area contributed by atoms with Crippen LogP contribution in [-0.4, -0.2) is 30.5 Å². The Morgan fingerprint density at radius 3 is 2.71 bits per heavy atom. The van der Waals surface area contributed by atoms with Gasteiger partial charge in [0, 0.05) is 31.1 Å². The number of hydrogen-bond acceptors (Lipinski definition) is 3. The molecule has 0 bridgehead atoms. The smallest absolute Gasteiger partial charge is 0.251 e. The summed E-state index contributed by atoms with van der Waals surface area (Å²) in [6, 6.07) is 4.76. The summed E-state index contributed by atoms with van der Waals surface area (Å²) in [5, 5.41) is 14.5. The molecule has 1 rings (SSSR count). The van der Waals surface area contributed by atoms with Gasteiger partial charge in [-0.3, -0.25) is 9.59 Å². The third kappa shape index (κ3) is 3.48. The summed E-state index contributed by atoms with van der Waals surface area (Å²) in [5.74, 6) is -0.329. The highest BCUT2D eigenvalue weighted by atomic mass is 16.3. The van der Waals surface area contributed by atoms with E-state index in [0.717, 1.165) is 0 Å². The van der Waals surface area contributed by atoms with Gasteiger partial charge in [0.25, 0.3) is 5.91 Å². The largest absolute Gasteiger partial charge is 0.508 e. The Hall–Kier alpha value is -2.04. The Kier molecular flexibility index (Phi) is 4.51. The van der Waals surface area contributed by atoms with Crippen LogP contribution in [0.5, 0.6) is 5.75 Å². The van der Waals surface area contributed by atoms with Gasteiger partial charge in [-0.2, -0.15) is 0 Å². The van der Waals surface area contributed by atoms with E-state index in [0.29, 0.717) is 11.1 Å². The van der Waals surface area contributed by atoms with E-state index in [4.69, 9.17) is 0 Å². The lowest BCUT2D eigenvalue weighted by molar-refractivity contribution is -0.120. The molecular weight excluding hydrogens is 220 g/mol. The molecule has 0 atom stereocenters. The highest BCUT2D eigenvalue weighted by molar-refractivity contribution is 5.96. The van der Waals surface area contributed by atoms with Gasteiger partial charge in [-0.15, -0.1) is 0 Å². The second kappa shape index (κ2) is 5.89. The second-order valence-corrected chi connectivity index (χ2v) is 3.63. The normalized spacial score (nSPS) is 9.76. The molecule has 3 N–H and O–H groups in total. The van der Waals surface area contributed by atoms with E-state index in [-0.39, 0.29) is 30.5 Å². The third-order valence-corrected chi connectivity index (χ3v) is 2.47. The van der Waals surface area contributed by atoms with Crippen LogP contribution in [0.25, 0.3) is 0 Å². The van der Waals surface area contributed by atoms with E-state index >= 15 is 0 Å². The van der Waals surface area contributed by atoms with Crippen molar-refractivity contribution in [2.45, 2.75) is 13.3 Å². The van der Waals surface area contributed by atoms with Crippen LogP contribution in [0.1, 0.15) is 22.3 Å². The number of benzene rings is 1. The van der Waals surface area contributed by atoms with E-state index in [9.17, 15) is 14.7 Å². The van der Waals surface area contributed by atoms with Gasteiger partial charge in [0.2, 0.25) is 5.91 Å². The molecule has 0 aromatic heterocycles. The molecule has 17 heavy (non-hydrogen) atoms. The minimum absolute atomic E-state index is 0.0870. The lowest BCUT2D eigenvalue weighted by Gasteiger charge is -2.08. The topological polar surface area (TPSA) is 78.4 Å². The zero-order valence-corrected chi connectivity index (χ0v) is 9.91. The molecule has 0 unspecified atom stereocenters. The molecule has 92 valence electrons. The molecule has 0 fully saturated rings.